The van der Waals surface area contributed by atoms with E-state index in [1.807, 2.05) is 0 Å². The summed E-state index contributed by atoms with van der Waals surface area (Å²) in [6.45, 7) is 9.88. The Balaban J connectivity index is 1.84. The van der Waals surface area contributed by atoms with Gasteiger partial charge in [-0.1, -0.05) is 19.8 Å². The first-order valence-corrected chi connectivity index (χ1v) is 5.83. The van der Waals surface area contributed by atoms with Crippen molar-refractivity contribution in [1.82, 2.24) is 4.90 Å². The fourth-order valence-electron chi connectivity index (χ4n) is 2.95. The van der Waals surface area contributed by atoms with Gasteiger partial charge in [-0.3, -0.25) is 4.90 Å². The Labute approximate surface area is 82.5 Å². The molecular weight excluding hydrogens is 158 g/mol. The van der Waals surface area contributed by atoms with Crippen LogP contribution in [0.15, 0.2) is 0 Å². The molecular formula is C12H23N. The fraction of sp³-hybridized carbons (Fsp3) is 1.00. The Morgan fingerprint density at radius 1 is 1.23 bits per heavy atom. The molecule has 0 N–H and O–H groups in total. The lowest BCUT2D eigenvalue weighted by molar-refractivity contribution is -0.111. The molecule has 1 saturated heterocycles. The summed E-state index contributed by atoms with van der Waals surface area (Å²) in [6, 6.07) is 0. The monoisotopic (exact) mass is 181 g/mol. The van der Waals surface area contributed by atoms with E-state index in [0.29, 0.717) is 5.54 Å². The molecule has 2 fully saturated rings. The van der Waals surface area contributed by atoms with E-state index in [2.05, 4.69) is 25.7 Å². The summed E-state index contributed by atoms with van der Waals surface area (Å²) in [6.07, 6.45) is 7.17. The van der Waals surface area contributed by atoms with E-state index in [-0.39, 0.29) is 0 Å². The van der Waals surface area contributed by atoms with Crippen molar-refractivity contribution < 1.29 is 0 Å². The molecule has 1 spiro atoms. The zero-order valence-corrected chi connectivity index (χ0v) is 9.40. The Morgan fingerprint density at radius 2 is 1.85 bits per heavy atom. The Bertz CT molecular complexity index is 183. The molecule has 2 rings (SSSR count). The Kier molecular flexibility index (Phi) is 2.18. The molecule has 0 aromatic carbocycles. The van der Waals surface area contributed by atoms with Crippen molar-refractivity contribution in [2.45, 2.75) is 58.4 Å². The van der Waals surface area contributed by atoms with E-state index in [1.54, 1.807) is 0 Å². The van der Waals surface area contributed by atoms with Crippen LogP contribution in [0.1, 0.15) is 52.9 Å². The number of rotatable bonds is 3. The highest BCUT2D eigenvalue weighted by molar-refractivity contribution is 5.04. The maximum absolute atomic E-state index is 2.69. The van der Waals surface area contributed by atoms with Gasteiger partial charge < -0.3 is 0 Å². The maximum Gasteiger partial charge on any atom is 0.0153 e. The second-order valence-corrected chi connectivity index (χ2v) is 5.77. The average molecular weight is 181 g/mol. The summed E-state index contributed by atoms with van der Waals surface area (Å²) in [5.41, 5.74) is 1.26. The van der Waals surface area contributed by atoms with Crippen LogP contribution in [0.4, 0.5) is 0 Å². The molecule has 76 valence electrons. The van der Waals surface area contributed by atoms with Gasteiger partial charge in [-0.15, -0.1) is 0 Å². The first-order valence-electron chi connectivity index (χ1n) is 5.83. The van der Waals surface area contributed by atoms with Gasteiger partial charge in [0.15, 0.2) is 0 Å². The lowest BCUT2D eigenvalue weighted by Crippen LogP contribution is -2.65. The van der Waals surface area contributed by atoms with E-state index < -0.39 is 0 Å². The summed E-state index contributed by atoms with van der Waals surface area (Å²) in [4.78, 5) is 2.69. The molecule has 0 aromatic rings. The van der Waals surface area contributed by atoms with Gasteiger partial charge in [-0.05, 0) is 38.5 Å². The van der Waals surface area contributed by atoms with Crippen LogP contribution in [0.3, 0.4) is 0 Å². The minimum Gasteiger partial charge on any atom is -0.297 e. The van der Waals surface area contributed by atoms with Crippen molar-refractivity contribution >= 4 is 0 Å². The van der Waals surface area contributed by atoms with Crippen LogP contribution in [-0.4, -0.2) is 23.5 Å². The molecule has 1 nitrogen and oxygen atoms in total. The lowest BCUT2D eigenvalue weighted by Gasteiger charge is -2.61. The number of likely N-dealkylation sites (tertiary alicyclic amines) is 1. The number of nitrogens with zero attached hydrogens (tertiary/aromatic N) is 1. The largest absolute Gasteiger partial charge is 0.297 e. The van der Waals surface area contributed by atoms with E-state index in [0.717, 1.165) is 5.41 Å². The quantitative estimate of drug-likeness (QED) is 0.647. The average Bonchev–Trinajstić information content (AvgIpc) is 1.78. The zero-order chi connectivity index (χ0) is 9.53. The topological polar surface area (TPSA) is 3.24 Å². The van der Waals surface area contributed by atoms with Gasteiger partial charge in [0, 0.05) is 18.6 Å². The van der Waals surface area contributed by atoms with Crippen LogP contribution >= 0.6 is 0 Å². The van der Waals surface area contributed by atoms with Crippen molar-refractivity contribution in [3.63, 3.8) is 0 Å². The molecule has 1 heterocycles. The van der Waals surface area contributed by atoms with Crippen molar-refractivity contribution in [2.24, 2.45) is 5.41 Å². The van der Waals surface area contributed by atoms with Crippen molar-refractivity contribution in [1.29, 1.82) is 0 Å². The molecule has 1 saturated carbocycles. The number of hydrogen-bond donors (Lipinski definition) is 0. The predicted molar refractivity (Wildman–Crippen MR) is 56.8 cm³/mol. The molecule has 1 aliphatic carbocycles. The minimum atomic E-state index is 0.468. The number of hydrogen-bond acceptors (Lipinski definition) is 1. The van der Waals surface area contributed by atoms with Gasteiger partial charge in [0.2, 0.25) is 0 Å². The van der Waals surface area contributed by atoms with Crippen LogP contribution in [0.2, 0.25) is 0 Å². The van der Waals surface area contributed by atoms with E-state index in [4.69, 9.17) is 0 Å². The molecule has 0 atom stereocenters. The van der Waals surface area contributed by atoms with Gasteiger partial charge in [0.25, 0.3) is 0 Å². The Morgan fingerprint density at radius 3 is 2.23 bits per heavy atom. The molecule has 2 aliphatic rings. The third-order valence-corrected chi connectivity index (χ3v) is 4.18. The zero-order valence-electron chi connectivity index (χ0n) is 9.40. The second kappa shape index (κ2) is 2.98. The summed E-state index contributed by atoms with van der Waals surface area (Å²) < 4.78 is 0. The highest BCUT2D eigenvalue weighted by Gasteiger charge is 2.50. The van der Waals surface area contributed by atoms with Crippen molar-refractivity contribution in [3.8, 4) is 0 Å². The van der Waals surface area contributed by atoms with Crippen LogP contribution in [0.5, 0.6) is 0 Å². The van der Waals surface area contributed by atoms with Gasteiger partial charge in [0.1, 0.15) is 0 Å². The molecule has 1 aliphatic heterocycles. The maximum atomic E-state index is 2.69. The van der Waals surface area contributed by atoms with Gasteiger partial charge in [-0.2, -0.15) is 0 Å². The smallest absolute Gasteiger partial charge is 0.0153 e. The first kappa shape index (κ1) is 9.51. The molecule has 0 radical (unpaired) electrons. The van der Waals surface area contributed by atoms with Gasteiger partial charge >= 0.3 is 0 Å². The third kappa shape index (κ3) is 1.52. The van der Waals surface area contributed by atoms with E-state index in [9.17, 15) is 0 Å². The standard InChI is InChI=1S/C12H23N/c1-4-6-11(2,3)13-9-12(10-13)7-5-8-12/h4-10H2,1-3H3. The molecule has 0 unspecified atom stereocenters. The second-order valence-electron chi connectivity index (χ2n) is 5.77. The molecule has 13 heavy (non-hydrogen) atoms. The normalized spacial score (nSPS) is 27.0. The summed E-state index contributed by atoms with van der Waals surface area (Å²) in [5.74, 6) is 0. The molecule has 0 aromatic heterocycles. The van der Waals surface area contributed by atoms with Crippen LogP contribution < -0.4 is 0 Å². The minimum absolute atomic E-state index is 0.468. The first-order chi connectivity index (χ1) is 6.08. The van der Waals surface area contributed by atoms with E-state index >= 15 is 0 Å². The molecule has 0 amide bonds. The van der Waals surface area contributed by atoms with Crippen molar-refractivity contribution in [3.05, 3.63) is 0 Å². The molecule has 1 heteroatoms. The highest BCUT2D eigenvalue weighted by Crippen LogP contribution is 2.50. The van der Waals surface area contributed by atoms with Crippen molar-refractivity contribution in [2.75, 3.05) is 13.1 Å². The van der Waals surface area contributed by atoms with Crippen LogP contribution in [0.25, 0.3) is 0 Å². The Hall–Kier alpha value is -0.0400. The summed E-state index contributed by atoms with van der Waals surface area (Å²) in [7, 11) is 0. The highest BCUT2D eigenvalue weighted by atomic mass is 15.3. The predicted octanol–water partition coefficient (Wildman–Crippen LogP) is 3.05. The summed E-state index contributed by atoms with van der Waals surface area (Å²) >= 11 is 0. The SMILES string of the molecule is CCCC(C)(C)N1CC2(CCC2)C1. The van der Waals surface area contributed by atoms with Gasteiger partial charge in [-0.25, -0.2) is 0 Å². The van der Waals surface area contributed by atoms with Gasteiger partial charge in [0.05, 0.1) is 0 Å². The summed E-state index contributed by atoms with van der Waals surface area (Å²) in [5, 5.41) is 0. The third-order valence-electron chi connectivity index (χ3n) is 4.18. The molecule has 0 bridgehead atoms. The fourth-order valence-corrected chi connectivity index (χ4v) is 2.95. The lowest BCUT2D eigenvalue weighted by atomic mass is 9.62. The van der Waals surface area contributed by atoms with Crippen LogP contribution in [-0.2, 0) is 0 Å². The van der Waals surface area contributed by atoms with Crippen LogP contribution in [0, 0.1) is 5.41 Å². The van der Waals surface area contributed by atoms with E-state index in [1.165, 1.54) is 45.2 Å².